The van der Waals surface area contributed by atoms with Crippen molar-refractivity contribution in [3.63, 3.8) is 0 Å². The number of unbranched alkanes of at least 4 members (excludes halogenated alkanes) is 1. The van der Waals surface area contributed by atoms with Gasteiger partial charge in [-0.15, -0.1) is 0 Å². The summed E-state index contributed by atoms with van der Waals surface area (Å²) in [5, 5.41) is 13.4. The molecule has 3 heterocycles. The number of fused-ring (bicyclic) bond motifs is 1. The Kier molecular flexibility index (Phi) is 8.31. The zero-order valence-electron chi connectivity index (χ0n) is 19.5. The molecule has 1 unspecified atom stereocenters. The molecule has 7 nitrogen and oxygen atoms in total. The first-order valence-electron chi connectivity index (χ1n) is 12.0. The van der Waals surface area contributed by atoms with Gasteiger partial charge in [-0.1, -0.05) is 30.3 Å². The van der Waals surface area contributed by atoms with Gasteiger partial charge >= 0.3 is 5.97 Å². The Morgan fingerprint density at radius 2 is 2.15 bits per heavy atom. The van der Waals surface area contributed by atoms with Crippen LogP contribution < -0.4 is 5.32 Å². The highest BCUT2D eigenvalue weighted by Gasteiger charge is 2.35. The number of nitrogens with zero attached hydrogens (tertiary/aromatic N) is 2. The summed E-state index contributed by atoms with van der Waals surface area (Å²) in [5.41, 5.74) is 4.18. The highest BCUT2D eigenvalue weighted by molar-refractivity contribution is 5.76. The number of aromatic nitrogens is 1. The number of carbonyl (C=O) groups is 1. The highest BCUT2D eigenvalue weighted by Crippen LogP contribution is 2.29. The second-order valence-electron chi connectivity index (χ2n) is 8.95. The van der Waals surface area contributed by atoms with Gasteiger partial charge in [0.25, 0.3) is 0 Å². The van der Waals surface area contributed by atoms with E-state index >= 15 is 0 Å². The van der Waals surface area contributed by atoms with Crippen LogP contribution in [-0.2, 0) is 33.7 Å². The fourth-order valence-electron chi connectivity index (χ4n) is 4.86. The maximum Gasteiger partial charge on any atom is 0.325 e. The molecule has 7 heteroatoms. The lowest BCUT2D eigenvalue weighted by Gasteiger charge is -2.26. The summed E-state index contributed by atoms with van der Waals surface area (Å²) in [5.74, 6) is 0.229. The maximum atomic E-state index is 12.1. The number of rotatable bonds is 11. The van der Waals surface area contributed by atoms with Gasteiger partial charge in [0.05, 0.1) is 12.7 Å². The van der Waals surface area contributed by atoms with Crippen molar-refractivity contribution < 1.29 is 19.4 Å². The van der Waals surface area contributed by atoms with Crippen LogP contribution in [0.25, 0.3) is 0 Å². The Bertz CT molecular complexity index is 936. The van der Waals surface area contributed by atoms with Crippen LogP contribution in [0.4, 0.5) is 5.82 Å². The third-order valence-corrected chi connectivity index (χ3v) is 6.56. The third kappa shape index (κ3) is 6.10. The molecule has 1 aromatic heterocycles. The molecule has 4 rings (SSSR count). The number of carboxylic acid groups (broad SMARTS) is 1. The standard InChI is InChI=1S/C26H35N3O4/c1-32-18-20-7-2-3-10-23(20)24(26(30)31)29-15-13-22(17-29)33-16-5-4-9-21-12-11-19-8-6-14-27-25(19)28-21/h2-3,7,10-12,22,24H,4-6,8-9,13-18H2,1H3,(H,27,28)(H,30,31)/t22-,24?/m1/s1. The molecule has 1 fully saturated rings. The van der Waals surface area contributed by atoms with E-state index in [9.17, 15) is 9.90 Å². The molecule has 2 atom stereocenters. The second kappa shape index (κ2) is 11.6. The molecule has 0 spiro atoms. The fraction of sp³-hybridized carbons (Fsp3) is 0.538. The van der Waals surface area contributed by atoms with E-state index in [0.717, 1.165) is 67.8 Å². The molecular weight excluding hydrogens is 418 g/mol. The monoisotopic (exact) mass is 453 g/mol. The number of carboxylic acids is 1. The van der Waals surface area contributed by atoms with Gasteiger partial charge in [-0.2, -0.15) is 0 Å². The number of methoxy groups -OCH3 is 1. The number of aliphatic carboxylic acids is 1. The molecule has 2 aliphatic heterocycles. The van der Waals surface area contributed by atoms with E-state index < -0.39 is 12.0 Å². The predicted molar refractivity (Wildman–Crippen MR) is 127 cm³/mol. The number of nitrogens with one attached hydrogen (secondary N) is 1. The summed E-state index contributed by atoms with van der Waals surface area (Å²) >= 11 is 0. The fourth-order valence-corrected chi connectivity index (χ4v) is 4.86. The van der Waals surface area contributed by atoms with Crippen LogP contribution in [0, 0.1) is 0 Å². The summed E-state index contributed by atoms with van der Waals surface area (Å²) in [6.07, 6.45) is 6.18. The number of aryl methyl sites for hydroxylation is 2. The minimum Gasteiger partial charge on any atom is -0.480 e. The Morgan fingerprint density at radius 1 is 1.27 bits per heavy atom. The van der Waals surface area contributed by atoms with Crippen molar-refractivity contribution in [1.29, 1.82) is 0 Å². The van der Waals surface area contributed by atoms with Crippen molar-refractivity contribution in [2.75, 3.05) is 38.7 Å². The first-order chi connectivity index (χ1) is 16.2. The molecule has 2 aliphatic rings. The van der Waals surface area contributed by atoms with E-state index in [-0.39, 0.29) is 6.10 Å². The van der Waals surface area contributed by atoms with Crippen LogP contribution in [0.2, 0.25) is 0 Å². The predicted octanol–water partition coefficient (Wildman–Crippen LogP) is 3.83. The van der Waals surface area contributed by atoms with Gasteiger partial charge in [0, 0.05) is 39.0 Å². The summed E-state index contributed by atoms with van der Waals surface area (Å²) in [4.78, 5) is 18.9. The number of anilines is 1. The van der Waals surface area contributed by atoms with Crippen molar-refractivity contribution in [2.24, 2.45) is 0 Å². The topological polar surface area (TPSA) is 83.9 Å². The normalized spacial score (nSPS) is 19.1. The smallest absolute Gasteiger partial charge is 0.325 e. The van der Waals surface area contributed by atoms with Gasteiger partial charge < -0.3 is 19.9 Å². The Hall–Kier alpha value is -2.48. The Morgan fingerprint density at radius 3 is 3.00 bits per heavy atom. The zero-order chi connectivity index (χ0) is 23.0. The van der Waals surface area contributed by atoms with E-state index in [2.05, 4.69) is 17.4 Å². The lowest BCUT2D eigenvalue weighted by Crippen LogP contribution is -2.34. The van der Waals surface area contributed by atoms with Gasteiger partial charge in [0.1, 0.15) is 11.9 Å². The summed E-state index contributed by atoms with van der Waals surface area (Å²) < 4.78 is 11.4. The van der Waals surface area contributed by atoms with Crippen LogP contribution in [0.15, 0.2) is 36.4 Å². The van der Waals surface area contributed by atoms with E-state index in [0.29, 0.717) is 19.8 Å². The molecule has 1 saturated heterocycles. The first kappa shape index (κ1) is 23.7. The molecule has 0 radical (unpaired) electrons. The van der Waals surface area contributed by atoms with Crippen molar-refractivity contribution in [2.45, 2.75) is 57.3 Å². The average molecular weight is 454 g/mol. The average Bonchev–Trinajstić information content (AvgIpc) is 3.28. The number of pyridine rings is 1. The molecule has 0 aliphatic carbocycles. The molecule has 1 aromatic carbocycles. The maximum absolute atomic E-state index is 12.1. The van der Waals surface area contributed by atoms with E-state index in [4.69, 9.17) is 14.5 Å². The lowest BCUT2D eigenvalue weighted by atomic mass is 9.99. The first-order valence-corrected chi connectivity index (χ1v) is 12.0. The van der Waals surface area contributed by atoms with E-state index in [1.54, 1.807) is 7.11 Å². The van der Waals surface area contributed by atoms with Crippen molar-refractivity contribution in [3.05, 3.63) is 58.8 Å². The SMILES string of the molecule is COCc1ccccc1C(C(=O)O)N1CC[C@@H](OCCCCc2ccc3c(n2)NCCC3)C1. The highest BCUT2D eigenvalue weighted by atomic mass is 16.5. The molecule has 0 saturated carbocycles. The molecular formula is C26H35N3O4. The Balaban J connectivity index is 1.23. The third-order valence-electron chi connectivity index (χ3n) is 6.56. The molecule has 0 bridgehead atoms. The van der Waals surface area contributed by atoms with Crippen LogP contribution in [0.5, 0.6) is 0 Å². The van der Waals surface area contributed by atoms with Crippen molar-refractivity contribution in [3.8, 4) is 0 Å². The number of hydrogen-bond acceptors (Lipinski definition) is 6. The second-order valence-corrected chi connectivity index (χ2v) is 8.95. The lowest BCUT2D eigenvalue weighted by molar-refractivity contribution is -0.143. The number of hydrogen-bond donors (Lipinski definition) is 2. The molecule has 2 aromatic rings. The van der Waals surface area contributed by atoms with Crippen molar-refractivity contribution in [1.82, 2.24) is 9.88 Å². The number of ether oxygens (including phenoxy) is 2. The van der Waals surface area contributed by atoms with Gasteiger partial charge in [-0.3, -0.25) is 9.69 Å². The van der Waals surface area contributed by atoms with Crippen LogP contribution in [0.3, 0.4) is 0 Å². The molecule has 33 heavy (non-hydrogen) atoms. The summed E-state index contributed by atoms with van der Waals surface area (Å²) in [6, 6.07) is 11.3. The van der Waals surface area contributed by atoms with Crippen molar-refractivity contribution >= 4 is 11.8 Å². The minimum absolute atomic E-state index is 0.0764. The zero-order valence-corrected chi connectivity index (χ0v) is 19.5. The Labute approximate surface area is 196 Å². The molecule has 2 N–H and O–H groups in total. The van der Waals surface area contributed by atoms with Crippen LogP contribution >= 0.6 is 0 Å². The van der Waals surface area contributed by atoms with E-state index in [1.165, 1.54) is 12.0 Å². The molecule has 0 amide bonds. The van der Waals surface area contributed by atoms with Gasteiger partial charge in [0.15, 0.2) is 0 Å². The quantitative estimate of drug-likeness (QED) is 0.500. The van der Waals surface area contributed by atoms with E-state index in [1.807, 2.05) is 29.2 Å². The summed E-state index contributed by atoms with van der Waals surface area (Å²) in [6.45, 7) is 3.46. The molecule has 178 valence electrons. The minimum atomic E-state index is -0.828. The van der Waals surface area contributed by atoms with Gasteiger partial charge in [-0.25, -0.2) is 4.98 Å². The number of likely N-dealkylation sites (tertiary alicyclic amines) is 1. The van der Waals surface area contributed by atoms with Crippen LogP contribution in [0.1, 0.15) is 54.1 Å². The van der Waals surface area contributed by atoms with Gasteiger partial charge in [0.2, 0.25) is 0 Å². The largest absolute Gasteiger partial charge is 0.480 e. The number of benzene rings is 1. The van der Waals surface area contributed by atoms with Gasteiger partial charge in [-0.05, 0) is 61.3 Å². The van der Waals surface area contributed by atoms with Crippen LogP contribution in [-0.4, -0.2) is 60.4 Å². The summed E-state index contributed by atoms with van der Waals surface area (Å²) in [7, 11) is 1.63.